The van der Waals surface area contributed by atoms with Crippen molar-refractivity contribution in [2.75, 3.05) is 6.54 Å². The third-order valence-electron chi connectivity index (χ3n) is 4.83. The van der Waals surface area contributed by atoms with Crippen LogP contribution in [0.4, 0.5) is 0 Å². The molecular weight excluding hydrogens is 354 g/mol. The van der Waals surface area contributed by atoms with Crippen LogP contribution in [-0.4, -0.2) is 40.0 Å². The Morgan fingerprint density at radius 2 is 1.88 bits per heavy atom. The lowest BCUT2D eigenvalue weighted by Gasteiger charge is -2.43. The summed E-state index contributed by atoms with van der Waals surface area (Å²) >= 11 is 5.98. The van der Waals surface area contributed by atoms with Gasteiger partial charge in [0.25, 0.3) is 0 Å². The van der Waals surface area contributed by atoms with E-state index in [4.69, 9.17) is 11.6 Å². The zero-order chi connectivity index (χ0) is 19.6. The van der Waals surface area contributed by atoms with Crippen LogP contribution in [0.15, 0.2) is 35.5 Å². The predicted molar refractivity (Wildman–Crippen MR) is 101 cm³/mol. The van der Waals surface area contributed by atoms with Gasteiger partial charge in [0.2, 0.25) is 0 Å². The Morgan fingerprint density at radius 3 is 2.35 bits per heavy atom. The maximum Gasteiger partial charge on any atom is 0.158 e. The van der Waals surface area contributed by atoms with E-state index < -0.39 is 23.5 Å². The van der Waals surface area contributed by atoms with Crippen molar-refractivity contribution < 1.29 is 19.8 Å². The molecule has 5 nitrogen and oxygen atoms in total. The number of benzene rings is 1. The normalized spacial score (nSPS) is 27.2. The summed E-state index contributed by atoms with van der Waals surface area (Å²) in [7, 11) is 0. The van der Waals surface area contributed by atoms with Gasteiger partial charge in [-0.1, -0.05) is 23.7 Å². The van der Waals surface area contributed by atoms with Crippen LogP contribution in [0.3, 0.4) is 0 Å². The van der Waals surface area contributed by atoms with Gasteiger partial charge in [-0.2, -0.15) is 0 Å². The van der Waals surface area contributed by atoms with Gasteiger partial charge in [0.05, 0.1) is 17.6 Å². The van der Waals surface area contributed by atoms with Crippen LogP contribution in [0.25, 0.3) is 0 Å². The van der Waals surface area contributed by atoms with Gasteiger partial charge >= 0.3 is 0 Å². The van der Waals surface area contributed by atoms with Gasteiger partial charge in [-0.05, 0) is 45.4 Å². The molecule has 26 heavy (non-hydrogen) atoms. The van der Waals surface area contributed by atoms with E-state index in [0.29, 0.717) is 16.3 Å². The number of carbonyl (C=O) groups excluding carboxylic acids is 2. The number of hydrogen-bond acceptors (Lipinski definition) is 5. The Labute approximate surface area is 159 Å². The summed E-state index contributed by atoms with van der Waals surface area (Å²) in [5, 5.41) is 24.3. The monoisotopic (exact) mass is 379 g/mol. The zero-order valence-electron chi connectivity index (χ0n) is 15.5. The van der Waals surface area contributed by atoms with E-state index in [1.807, 2.05) is 0 Å². The quantitative estimate of drug-likeness (QED) is 0.707. The van der Waals surface area contributed by atoms with Crippen LogP contribution in [0.2, 0.25) is 5.02 Å². The van der Waals surface area contributed by atoms with E-state index in [1.165, 1.54) is 13.8 Å². The van der Waals surface area contributed by atoms with Crippen LogP contribution < -0.4 is 5.32 Å². The maximum absolute atomic E-state index is 12.5. The summed E-state index contributed by atoms with van der Waals surface area (Å²) in [6.45, 7) is 6.40. The highest BCUT2D eigenvalue weighted by Crippen LogP contribution is 2.47. The third kappa shape index (κ3) is 4.34. The second kappa shape index (κ2) is 7.91. The topological polar surface area (TPSA) is 86.6 Å². The third-order valence-corrected chi connectivity index (χ3v) is 5.08. The molecule has 0 fully saturated rings. The number of ketones is 2. The molecule has 6 heteroatoms. The van der Waals surface area contributed by atoms with E-state index >= 15 is 0 Å². The van der Waals surface area contributed by atoms with Gasteiger partial charge in [0.15, 0.2) is 5.78 Å². The van der Waals surface area contributed by atoms with E-state index in [1.54, 1.807) is 38.1 Å². The Morgan fingerprint density at radius 1 is 1.31 bits per heavy atom. The number of nitrogens with one attached hydrogen (secondary N) is 1. The number of carbonyl (C=O) groups is 2. The first kappa shape index (κ1) is 20.6. The number of halogens is 1. The smallest absolute Gasteiger partial charge is 0.158 e. The lowest BCUT2D eigenvalue weighted by atomic mass is 9.64. The molecule has 0 amide bonds. The molecule has 1 aromatic carbocycles. The van der Waals surface area contributed by atoms with Crippen molar-refractivity contribution >= 4 is 23.2 Å². The minimum absolute atomic E-state index is 0.142. The summed E-state index contributed by atoms with van der Waals surface area (Å²) < 4.78 is 0. The first-order valence-corrected chi connectivity index (χ1v) is 9.06. The van der Waals surface area contributed by atoms with E-state index in [0.717, 1.165) is 5.56 Å². The second-order valence-electron chi connectivity index (χ2n) is 7.33. The molecule has 0 radical (unpaired) electrons. The van der Waals surface area contributed by atoms with E-state index in [-0.39, 0.29) is 24.5 Å². The first-order chi connectivity index (χ1) is 12.0. The molecule has 0 aromatic heterocycles. The van der Waals surface area contributed by atoms with Crippen LogP contribution in [0, 0.1) is 5.92 Å². The van der Waals surface area contributed by atoms with Gasteiger partial charge in [-0.3, -0.25) is 9.59 Å². The predicted octanol–water partition coefficient (Wildman–Crippen LogP) is 2.60. The van der Waals surface area contributed by atoms with Gasteiger partial charge < -0.3 is 15.5 Å². The van der Waals surface area contributed by atoms with Crippen LogP contribution in [0.5, 0.6) is 0 Å². The van der Waals surface area contributed by atoms with Gasteiger partial charge in [0.1, 0.15) is 5.78 Å². The highest BCUT2D eigenvalue weighted by atomic mass is 35.5. The van der Waals surface area contributed by atoms with Crippen molar-refractivity contribution in [1.82, 2.24) is 5.32 Å². The molecule has 0 unspecified atom stereocenters. The number of aliphatic hydroxyl groups excluding tert-OH is 1. The molecule has 142 valence electrons. The number of rotatable bonds is 6. The molecule has 0 aliphatic heterocycles. The van der Waals surface area contributed by atoms with Crippen molar-refractivity contribution in [3.63, 3.8) is 0 Å². The lowest BCUT2D eigenvalue weighted by Crippen LogP contribution is -2.49. The fourth-order valence-electron chi connectivity index (χ4n) is 3.84. The highest BCUT2D eigenvalue weighted by molar-refractivity contribution is 6.30. The van der Waals surface area contributed by atoms with Crippen molar-refractivity contribution in [2.24, 2.45) is 5.92 Å². The fourth-order valence-corrected chi connectivity index (χ4v) is 3.96. The van der Waals surface area contributed by atoms with Crippen molar-refractivity contribution in [2.45, 2.75) is 51.7 Å². The Bertz CT molecular complexity index is 722. The number of allylic oxidation sites excluding steroid dienone is 1. The molecule has 1 aromatic rings. The van der Waals surface area contributed by atoms with Gasteiger partial charge in [0, 0.05) is 35.2 Å². The number of hydrogen-bond donors (Lipinski definition) is 3. The van der Waals surface area contributed by atoms with Crippen LogP contribution in [-0.2, 0) is 9.59 Å². The summed E-state index contributed by atoms with van der Waals surface area (Å²) in [5.41, 5.74) is 0.465. The average molecular weight is 380 g/mol. The van der Waals surface area contributed by atoms with E-state index in [2.05, 4.69) is 5.32 Å². The average Bonchev–Trinajstić information content (AvgIpc) is 2.51. The molecule has 0 bridgehead atoms. The molecule has 1 aliphatic rings. The maximum atomic E-state index is 12.5. The molecule has 3 N–H and O–H groups in total. The Hall–Kier alpha value is -1.69. The van der Waals surface area contributed by atoms with Gasteiger partial charge in [-0.25, -0.2) is 0 Å². The number of aliphatic hydroxyl groups is 2. The molecule has 0 saturated heterocycles. The first-order valence-electron chi connectivity index (χ1n) is 8.68. The fraction of sp³-hybridized carbons (Fsp3) is 0.500. The van der Waals surface area contributed by atoms with Crippen molar-refractivity contribution in [3.05, 3.63) is 46.1 Å². The largest absolute Gasteiger partial charge is 0.392 e. The number of Topliss-reactive ketones (excluding diaryl/α,β-unsaturated/α-hetero) is 2. The van der Waals surface area contributed by atoms with Crippen molar-refractivity contribution in [3.8, 4) is 0 Å². The summed E-state index contributed by atoms with van der Waals surface area (Å²) in [6, 6.07) is 6.97. The molecule has 0 heterocycles. The highest BCUT2D eigenvalue weighted by Gasteiger charge is 2.49. The minimum atomic E-state index is -1.32. The minimum Gasteiger partial charge on any atom is -0.392 e. The van der Waals surface area contributed by atoms with Gasteiger partial charge in [-0.15, -0.1) is 0 Å². The molecular formula is C20H26ClNO4. The molecule has 4 atom stereocenters. The second-order valence-corrected chi connectivity index (χ2v) is 7.77. The zero-order valence-corrected chi connectivity index (χ0v) is 16.3. The Balaban J connectivity index is 2.66. The Kier molecular flexibility index (Phi) is 6.27. The summed E-state index contributed by atoms with van der Waals surface area (Å²) in [6.07, 6.45) is -0.469. The molecule has 0 spiro atoms. The SMILES string of the molecule is CC(=O)C1=C(NC[C@@H](C)O)C[C@](C)(O)[C@H](C(C)=O)[C@H]1c1ccc(Cl)cc1. The van der Waals surface area contributed by atoms with Crippen molar-refractivity contribution in [1.29, 1.82) is 0 Å². The summed E-state index contributed by atoms with van der Waals surface area (Å²) in [5.74, 6) is -1.68. The summed E-state index contributed by atoms with van der Waals surface area (Å²) in [4.78, 5) is 24.9. The lowest BCUT2D eigenvalue weighted by molar-refractivity contribution is -0.131. The molecule has 2 rings (SSSR count). The van der Waals surface area contributed by atoms with Crippen LogP contribution in [0.1, 0.15) is 45.6 Å². The molecule has 0 saturated carbocycles. The van der Waals surface area contributed by atoms with Crippen LogP contribution >= 0.6 is 11.6 Å². The standard InChI is InChI=1S/C20H26ClNO4/c1-11(23)10-22-16-9-20(4,26)19(13(3)25)18(17(16)12(2)24)14-5-7-15(21)8-6-14/h5-8,11,18-19,22-23,26H,9-10H2,1-4H3/t11-,18+,19-,20+/m1/s1. The molecule has 1 aliphatic carbocycles. The van der Waals surface area contributed by atoms with E-state index in [9.17, 15) is 19.8 Å².